The van der Waals surface area contributed by atoms with Crippen molar-refractivity contribution in [1.29, 1.82) is 0 Å². The number of halogens is 3. The van der Waals surface area contributed by atoms with Crippen LogP contribution in [0.2, 0.25) is 0 Å². The monoisotopic (exact) mass is 250 g/mol. The van der Waals surface area contributed by atoms with Crippen molar-refractivity contribution in [1.82, 2.24) is 10.2 Å². The van der Waals surface area contributed by atoms with E-state index in [1.54, 1.807) is 11.4 Å². The van der Waals surface area contributed by atoms with Crippen molar-refractivity contribution in [2.45, 2.75) is 12.6 Å². The number of carbonyl (C=O) groups excluding carboxylic acids is 2. The van der Waals surface area contributed by atoms with Crippen LogP contribution in [0.4, 0.5) is 13.2 Å². The van der Waals surface area contributed by atoms with Gasteiger partial charge in [-0.1, -0.05) is 6.08 Å². The molecule has 1 aliphatic heterocycles. The maximum Gasteiger partial charge on any atom is 0.405 e. The van der Waals surface area contributed by atoms with Crippen LogP contribution in [0, 0.1) is 5.92 Å². The number of nitrogens with zero attached hydrogens (tertiary/aromatic N) is 1. The second kappa shape index (κ2) is 5.20. The van der Waals surface area contributed by atoms with Crippen molar-refractivity contribution < 1.29 is 22.8 Å². The maximum absolute atomic E-state index is 11.8. The fraction of sp³-hybridized carbons (Fsp3) is 0.600. The smallest absolute Gasteiger partial charge is 0.345 e. The minimum absolute atomic E-state index is 0.0297. The molecule has 0 aliphatic carbocycles. The van der Waals surface area contributed by atoms with Gasteiger partial charge in [0.1, 0.15) is 6.54 Å². The Bertz CT molecular complexity index is 328. The molecule has 1 atom stereocenters. The van der Waals surface area contributed by atoms with Crippen molar-refractivity contribution >= 4 is 11.8 Å². The van der Waals surface area contributed by atoms with Crippen LogP contribution >= 0.6 is 0 Å². The number of hydrogen-bond donors (Lipinski definition) is 1. The van der Waals surface area contributed by atoms with Gasteiger partial charge < -0.3 is 10.2 Å². The lowest BCUT2D eigenvalue weighted by Gasteiger charge is -2.16. The molecule has 1 saturated heterocycles. The standard InChI is InChI=1S/C10H13F3N2O2/c1-2-7-3-9(17)15(4-7)5-8(16)14-6-10(11,12)13/h2,7H,1,3-6H2,(H,14,16). The first-order chi connectivity index (χ1) is 7.81. The van der Waals surface area contributed by atoms with Gasteiger partial charge in [0.25, 0.3) is 0 Å². The van der Waals surface area contributed by atoms with Crippen molar-refractivity contribution in [2.24, 2.45) is 5.92 Å². The zero-order valence-corrected chi connectivity index (χ0v) is 9.09. The number of carbonyl (C=O) groups is 2. The minimum atomic E-state index is -4.44. The van der Waals surface area contributed by atoms with E-state index >= 15 is 0 Å². The molecule has 1 rings (SSSR count). The first-order valence-electron chi connectivity index (χ1n) is 5.05. The van der Waals surface area contributed by atoms with E-state index in [2.05, 4.69) is 6.58 Å². The Balaban J connectivity index is 2.37. The molecule has 1 unspecified atom stereocenters. The Hall–Kier alpha value is -1.53. The predicted molar refractivity (Wildman–Crippen MR) is 53.9 cm³/mol. The highest BCUT2D eigenvalue weighted by Crippen LogP contribution is 2.18. The molecule has 1 N–H and O–H groups in total. The lowest BCUT2D eigenvalue weighted by molar-refractivity contribution is -0.141. The third-order valence-electron chi connectivity index (χ3n) is 2.40. The number of hydrogen-bond acceptors (Lipinski definition) is 2. The molecule has 96 valence electrons. The summed E-state index contributed by atoms with van der Waals surface area (Å²) < 4.78 is 35.4. The quantitative estimate of drug-likeness (QED) is 0.747. The lowest BCUT2D eigenvalue weighted by atomic mass is 10.1. The Morgan fingerprint density at radius 2 is 2.24 bits per heavy atom. The molecule has 1 heterocycles. The molecule has 0 bridgehead atoms. The number of alkyl halides is 3. The van der Waals surface area contributed by atoms with E-state index in [-0.39, 0.29) is 24.8 Å². The van der Waals surface area contributed by atoms with Crippen molar-refractivity contribution in [3.8, 4) is 0 Å². The maximum atomic E-state index is 11.8. The van der Waals surface area contributed by atoms with Gasteiger partial charge in [0, 0.05) is 18.9 Å². The van der Waals surface area contributed by atoms with Crippen LogP contribution in [-0.4, -0.2) is 42.5 Å². The molecule has 2 amide bonds. The summed E-state index contributed by atoms with van der Waals surface area (Å²) in [5.41, 5.74) is 0. The average Bonchev–Trinajstić information content (AvgIpc) is 2.56. The SMILES string of the molecule is C=CC1CC(=O)N(CC(=O)NCC(F)(F)F)C1. The van der Waals surface area contributed by atoms with E-state index < -0.39 is 18.6 Å². The van der Waals surface area contributed by atoms with Gasteiger partial charge in [0.15, 0.2) is 0 Å². The summed E-state index contributed by atoms with van der Waals surface area (Å²) >= 11 is 0. The summed E-state index contributed by atoms with van der Waals surface area (Å²) in [5.74, 6) is -1.07. The molecule has 1 aliphatic rings. The molecular weight excluding hydrogens is 237 g/mol. The molecule has 0 spiro atoms. The van der Waals surface area contributed by atoms with Gasteiger partial charge in [-0.15, -0.1) is 6.58 Å². The molecule has 0 aromatic rings. The zero-order valence-electron chi connectivity index (χ0n) is 9.09. The minimum Gasteiger partial charge on any atom is -0.345 e. The topological polar surface area (TPSA) is 49.4 Å². The average molecular weight is 250 g/mol. The van der Waals surface area contributed by atoms with Crippen LogP contribution in [0.25, 0.3) is 0 Å². The highest BCUT2D eigenvalue weighted by atomic mass is 19.4. The molecule has 7 heteroatoms. The van der Waals surface area contributed by atoms with Gasteiger partial charge in [-0.2, -0.15) is 13.2 Å². The Morgan fingerprint density at radius 1 is 1.59 bits per heavy atom. The van der Waals surface area contributed by atoms with Crippen LogP contribution in [0.15, 0.2) is 12.7 Å². The highest BCUT2D eigenvalue weighted by Gasteiger charge is 2.31. The van der Waals surface area contributed by atoms with Gasteiger partial charge >= 0.3 is 6.18 Å². The summed E-state index contributed by atoms with van der Waals surface area (Å²) in [7, 11) is 0. The Labute approximate surface area is 96.5 Å². The first kappa shape index (κ1) is 13.5. The summed E-state index contributed by atoms with van der Waals surface area (Å²) in [6.45, 7) is 2.16. The van der Waals surface area contributed by atoms with Gasteiger partial charge in [-0.3, -0.25) is 9.59 Å². The highest BCUT2D eigenvalue weighted by molar-refractivity contribution is 5.86. The van der Waals surface area contributed by atoms with E-state index in [9.17, 15) is 22.8 Å². The second-order valence-electron chi connectivity index (χ2n) is 3.87. The fourth-order valence-electron chi connectivity index (χ4n) is 1.54. The van der Waals surface area contributed by atoms with Crippen LogP contribution in [-0.2, 0) is 9.59 Å². The number of rotatable bonds is 4. The molecular formula is C10H13F3N2O2. The summed E-state index contributed by atoms with van der Waals surface area (Å²) in [6, 6.07) is 0. The third kappa shape index (κ3) is 4.46. The van der Waals surface area contributed by atoms with Gasteiger partial charge in [0.2, 0.25) is 11.8 Å². The van der Waals surface area contributed by atoms with Crippen LogP contribution in [0.1, 0.15) is 6.42 Å². The van der Waals surface area contributed by atoms with E-state index in [0.29, 0.717) is 6.54 Å². The third-order valence-corrected chi connectivity index (χ3v) is 2.40. The molecule has 0 aromatic heterocycles. The molecule has 0 radical (unpaired) electrons. The Morgan fingerprint density at radius 3 is 2.71 bits per heavy atom. The van der Waals surface area contributed by atoms with Crippen molar-refractivity contribution in [3.63, 3.8) is 0 Å². The molecule has 17 heavy (non-hydrogen) atoms. The number of nitrogens with one attached hydrogen (secondary N) is 1. The molecule has 0 aromatic carbocycles. The van der Waals surface area contributed by atoms with E-state index in [1.807, 2.05) is 0 Å². The van der Waals surface area contributed by atoms with E-state index in [1.165, 1.54) is 4.90 Å². The first-order valence-corrected chi connectivity index (χ1v) is 5.05. The van der Waals surface area contributed by atoms with E-state index in [0.717, 1.165) is 0 Å². The molecule has 1 fully saturated rings. The number of likely N-dealkylation sites (tertiary alicyclic amines) is 1. The fourth-order valence-corrected chi connectivity index (χ4v) is 1.54. The Kier molecular flexibility index (Phi) is 4.14. The van der Waals surface area contributed by atoms with Crippen LogP contribution in [0.5, 0.6) is 0 Å². The van der Waals surface area contributed by atoms with Gasteiger partial charge in [-0.25, -0.2) is 0 Å². The molecule has 0 saturated carbocycles. The van der Waals surface area contributed by atoms with E-state index in [4.69, 9.17) is 0 Å². The molecule has 4 nitrogen and oxygen atoms in total. The van der Waals surface area contributed by atoms with Crippen molar-refractivity contribution in [3.05, 3.63) is 12.7 Å². The lowest BCUT2D eigenvalue weighted by Crippen LogP contribution is -2.41. The van der Waals surface area contributed by atoms with Gasteiger partial charge in [-0.05, 0) is 0 Å². The van der Waals surface area contributed by atoms with Crippen LogP contribution < -0.4 is 5.32 Å². The second-order valence-corrected chi connectivity index (χ2v) is 3.87. The van der Waals surface area contributed by atoms with Crippen LogP contribution in [0.3, 0.4) is 0 Å². The van der Waals surface area contributed by atoms with Crippen molar-refractivity contribution in [2.75, 3.05) is 19.6 Å². The summed E-state index contributed by atoms with van der Waals surface area (Å²) in [5, 5.41) is 1.72. The summed E-state index contributed by atoms with van der Waals surface area (Å²) in [4.78, 5) is 23.7. The normalized spacial score (nSPS) is 20.5. The van der Waals surface area contributed by atoms with Gasteiger partial charge in [0.05, 0.1) is 6.54 Å². The largest absolute Gasteiger partial charge is 0.405 e. The zero-order chi connectivity index (χ0) is 13.1. The number of amides is 2. The summed E-state index contributed by atoms with van der Waals surface area (Å²) in [6.07, 6.45) is -2.57. The predicted octanol–water partition coefficient (Wildman–Crippen LogP) is 0.699.